The molecule has 0 aliphatic rings. The lowest BCUT2D eigenvalue weighted by Crippen LogP contribution is -2.31. The van der Waals surface area contributed by atoms with Crippen molar-refractivity contribution >= 4 is 17.8 Å². The molecular weight excluding hydrogens is 372 g/mol. The van der Waals surface area contributed by atoms with Gasteiger partial charge in [0.1, 0.15) is 5.69 Å². The summed E-state index contributed by atoms with van der Waals surface area (Å²) in [4.78, 5) is 39.4. The smallest absolute Gasteiger partial charge is 0.355 e. The standard InChI is InChI=1S/C22H28N2O5/c1-7-28-21(26)19-14(4)20(24-16(19)6)22(27)29-11-18(25)23-15(5)17-9-8-12(2)13(3)10-17/h8-10,15,24H,7,11H2,1-6H3,(H,23,25)/t15-/m1/s1. The Hall–Kier alpha value is -3.09. The molecule has 0 radical (unpaired) electrons. The highest BCUT2D eigenvalue weighted by molar-refractivity contribution is 5.99. The van der Waals surface area contributed by atoms with E-state index in [1.807, 2.05) is 39.0 Å². The van der Waals surface area contributed by atoms with E-state index in [1.54, 1.807) is 20.8 Å². The zero-order chi connectivity index (χ0) is 21.7. The first-order valence-electron chi connectivity index (χ1n) is 9.55. The number of benzene rings is 1. The van der Waals surface area contributed by atoms with Gasteiger partial charge in [-0.3, -0.25) is 4.79 Å². The molecule has 0 fully saturated rings. The molecule has 1 amide bonds. The quantitative estimate of drug-likeness (QED) is 0.694. The van der Waals surface area contributed by atoms with Crippen LogP contribution in [0.2, 0.25) is 0 Å². The summed E-state index contributed by atoms with van der Waals surface area (Å²) in [6.45, 7) is 10.7. The Kier molecular flexibility index (Phi) is 7.20. The van der Waals surface area contributed by atoms with Gasteiger partial charge in [-0.05, 0) is 63.8 Å². The van der Waals surface area contributed by atoms with Crippen molar-refractivity contribution in [3.63, 3.8) is 0 Å². The van der Waals surface area contributed by atoms with Crippen LogP contribution in [0, 0.1) is 27.7 Å². The Morgan fingerprint density at radius 3 is 2.34 bits per heavy atom. The fourth-order valence-corrected chi connectivity index (χ4v) is 3.07. The molecule has 1 aromatic carbocycles. The van der Waals surface area contributed by atoms with Gasteiger partial charge in [-0.15, -0.1) is 0 Å². The van der Waals surface area contributed by atoms with Crippen LogP contribution in [0.5, 0.6) is 0 Å². The third-order valence-electron chi connectivity index (χ3n) is 4.86. The van der Waals surface area contributed by atoms with Gasteiger partial charge in [-0.25, -0.2) is 9.59 Å². The maximum Gasteiger partial charge on any atom is 0.355 e. The highest BCUT2D eigenvalue weighted by Crippen LogP contribution is 2.20. The highest BCUT2D eigenvalue weighted by atomic mass is 16.5. The fourth-order valence-electron chi connectivity index (χ4n) is 3.07. The molecule has 0 aliphatic heterocycles. The van der Waals surface area contributed by atoms with Gasteiger partial charge in [0.05, 0.1) is 18.2 Å². The van der Waals surface area contributed by atoms with Gasteiger partial charge in [-0.1, -0.05) is 18.2 Å². The van der Waals surface area contributed by atoms with Crippen molar-refractivity contribution in [1.29, 1.82) is 0 Å². The van der Waals surface area contributed by atoms with E-state index in [9.17, 15) is 14.4 Å². The van der Waals surface area contributed by atoms with Crippen LogP contribution in [-0.4, -0.2) is 36.0 Å². The van der Waals surface area contributed by atoms with E-state index in [-0.39, 0.29) is 18.3 Å². The molecule has 1 atom stereocenters. The summed E-state index contributed by atoms with van der Waals surface area (Å²) in [5.74, 6) is -1.61. The number of H-pyrrole nitrogens is 1. The minimum atomic E-state index is -0.699. The average molecular weight is 400 g/mol. The maximum absolute atomic E-state index is 12.4. The van der Waals surface area contributed by atoms with E-state index in [1.165, 1.54) is 5.56 Å². The lowest BCUT2D eigenvalue weighted by molar-refractivity contribution is -0.124. The molecule has 0 bridgehead atoms. The number of amides is 1. The van der Waals surface area contributed by atoms with E-state index < -0.39 is 24.5 Å². The van der Waals surface area contributed by atoms with Crippen molar-refractivity contribution in [2.75, 3.05) is 13.2 Å². The van der Waals surface area contributed by atoms with Crippen LogP contribution < -0.4 is 5.32 Å². The molecule has 0 spiro atoms. The monoisotopic (exact) mass is 400 g/mol. The normalized spacial score (nSPS) is 11.7. The van der Waals surface area contributed by atoms with Gasteiger partial charge in [0, 0.05) is 5.69 Å². The van der Waals surface area contributed by atoms with Crippen LogP contribution in [0.1, 0.15) is 68.7 Å². The topological polar surface area (TPSA) is 97.5 Å². The van der Waals surface area contributed by atoms with Gasteiger partial charge in [-0.2, -0.15) is 0 Å². The molecule has 2 aromatic rings. The van der Waals surface area contributed by atoms with Crippen molar-refractivity contribution < 1.29 is 23.9 Å². The second-order valence-corrected chi connectivity index (χ2v) is 7.05. The van der Waals surface area contributed by atoms with E-state index in [0.29, 0.717) is 16.8 Å². The zero-order valence-corrected chi connectivity index (χ0v) is 17.8. The van der Waals surface area contributed by atoms with E-state index in [2.05, 4.69) is 10.3 Å². The molecule has 2 rings (SSSR count). The first-order valence-corrected chi connectivity index (χ1v) is 9.55. The van der Waals surface area contributed by atoms with E-state index in [4.69, 9.17) is 9.47 Å². The SMILES string of the molecule is CCOC(=O)c1c(C)[nH]c(C(=O)OCC(=O)N[C@H](C)c2ccc(C)c(C)c2)c1C. The molecule has 7 nitrogen and oxygen atoms in total. The predicted molar refractivity (Wildman–Crippen MR) is 109 cm³/mol. The van der Waals surface area contributed by atoms with Crippen molar-refractivity contribution in [2.45, 2.75) is 47.6 Å². The number of esters is 2. The van der Waals surface area contributed by atoms with Crippen LogP contribution >= 0.6 is 0 Å². The minimum Gasteiger partial charge on any atom is -0.462 e. The lowest BCUT2D eigenvalue weighted by atomic mass is 10.0. The summed E-state index contributed by atoms with van der Waals surface area (Å²) in [7, 11) is 0. The Morgan fingerprint density at radius 1 is 1.03 bits per heavy atom. The number of hydrogen-bond acceptors (Lipinski definition) is 5. The number of carbonyl (C=O) groups excluding carboxylic acids is 3. The third-order valence-corrected chi connectivity index (χ3v) is 4.86. The third kappa shape index (κ3) is 5.25. The van der Waals surface area contributed by atoms with Gasteiger partial charge in [0.25, 0.3) is 5.91 Å². The van der Waals surface area contributed by atoms with Crippen LogP contribution in [0.15, 0.2) is 18.2 Å². The fraction of sp³-hybridized carbons (Fsp3) is 0.409. The molecule has 7 heteroatoms. The Bertz CT molecular complexity index is 930. The molecule has 1 heterocycles. The minimum absolute atomic E-state index is 0.139. The van der Waals surface area contributed by atoms with Crippen molar-refractivity contribution in [3.8, 4) is 0 Å². The molecule has 1 aromatic heterocycles. The number of rotatable bonds is 7. The number of carbonyl (C=O) groups is 3. The largest absolute Gasteiger partial charge is 0.462 e. The molecule has 0 saturated heterocycles. The van der Waals surface area contributed by atoms with Crippen molar-refractivity contribution in [3.05, 3.63) is 57.4 Å². The molecule has 2 N–H and O–H groups in total. The van der Waals surface area contributed by atoms with E-state index >= 15 is 0 Å². The molecule has 156 valence electrons. The van der Waals surface area contributed by atoms with Gasteiger partial charge < -0.3 is 19.8 Å². The summed E-state index contributed by atoms with van der Waals surface area (Å²) in [5, 5.41) is 2.82. The van der Waals surface area contributed by atoms with Gasteiger partial charge >= 0.3 is 11.9 Å². The summed E-state index contributed by atoms with van der Waals surface area (Å²) in [5.41, 5.74) is 4.70. The van der Waals surface area contributed by atoms with Crippen LogP contribution in [0.3, 0.4) is 0 Å². The summed E-state index contributed by atoms with van der Waals surface area (Å²) in [6.07, 6.45) is 0. The second-order valence-electron chi connectivity index (χ2n) is 7.05. The second kappa shape index (κ2) is 9.41. The summed E-state index contributed by atoms with van der Waals surface area (Å²) >= 11 is 0. The number of ether oxygens (including phenoxy) is 2. The van der Waals surface area contributed by atoms with Gasteiger partial charge in [0.2, 0.25) is 0 Å². The molecule has 0 aliphatic carbocycles. The lowest BCUT2D eigenvalue weighted by Gasteiger charge is -2.15. The predicted octanol–water partition coefficient (Wildman–Crippen LogP) is 3.46. The Labute approximate surface area is 170 Å². The number of hydrogen-bond donors (Lipinski definition) is 2. The number of nitrogens with one attached hydrogen (secondary N) is 2. The highest BCUT2D eigenvalue weighted by Gasteiger charge is 2.24. The number of aromatic nitrogens is 1. The zero-order valence-electron chi connectivity index (χ0n) is 17.8. The van der Waals surface area contributed by atoms with Crippen molar-refractivity contribution in [2.24, 2.45) is 0 Å². The maximum atomic E-state index is 12.4. The van der Waals surface area contributed by atoms with Crippen LogP contribution in [0.4, 0.5) is 0 Å². The molecular formula is C22H28N2O5. The molecule has 0 saturated carbocycles. The summed E-state index contributed by atoms with van der Waals surface area (Å²) < 4.78 is 10.1. The average Bonchev–Trinajstić information content (AvgIpc) is 2.96. The van der Waals surface area contributed by atoms with Crippen LogP contribution in [0.25, 0.3) is 0 Å². The van der Waals surface area contributed by atoms with E-state index in [0.717, 1.165) is 11.1 Å². The first-order chi connectivity index (χ1) is 13.6. The van der Waals surface area contributed by atoms with Crippen LogP contribution in [-0.2, 0) is 14.3 Å². The Morgan fingerprint density at radius 2 is 1.72 bits per heavy atom. The molecule has 29 heavy (non-hydrogen) atoms. The first kappa shape index (κ1) is 22.2. The Balaban J connectivity index is 1.98. The molecule has 0 unspecified atom stereocenters. The number of aryl methyl sites for hydroxylation is 3. The van der Waals surface area contributed by atoms with Gasteiger partial charge in [0.15, 0.2) is 6.61 Å². The van der Waals surface area contributed by atoms with Crippen molar-refractivity contribution in [1.82, 2.24) is 10.3 Å². The summed E-state index contributed by atoms with van der Waals surface area (Å²) in [6, 6.07) is 5.77. The number of aromatic amines is 1.